The van der Waals surface area contributed by atoms with E-state index >= 15 is 0 Å². The molecule has 1 aromatic carbocycles. The van der Waals surface area contributed by atoms with Gasteiger partial charge in [-0.15, -0.1) is 0 Å². The fraction of sp³-hybridized carbons (Fsp3) is 0.267. The minimum Gasteiger partial charge on any atom is -0.506 e. The Hall–Kier alpha value is -5.19. The number of phenols is 1. The summed E-state index contributed by atoms with van der Waals surface area (Å²) in [6, 6.07) is 6.92. The number of aromatic hydroxyl groups is 1. The molecule has 44 heavy (non-hydrogen) atoms. The van der Waals surface area contributed by atoms with Gasteiger partial charge in [0.05, 0.1) is 52.8 Å². The van der Waals surface area contributed by atoms with Gasteiger partial charge in [0.1, 0.15) is 35.7 Å². The van der Waals surface area contributed by atoms with Gasteiger partial charge in [-0.3, -0.25) is 18.8 Å². The topological polar surface area (TPSA) is 156 Å². The number of fused-ring (bicyclic) bond motifs is 1. The van der Waals surface area contributed by atoms with Crippen molar-refractivity contribution in [2.45, 2.75) is 13.5 Å². The minimum atomic E-state index is -0.403. The number of phenolic OH excluding ortho intramolecular Hbond substituents is 1. The third-order valence-corrected chi connectivity index (χ3v) is 7.86. The first-order chi connectivity index (χ1) is 21.1. The SMILES string of the molecule is Cc1cc(-c2cn(CC(=O)Nc3cc(N4CCOCC4)ncc3Cl)c3nc(-c4cnn(C)c4)n(C)c(=O)c23)cc(C#N)c1O. The van der Waals surface area contributed by atoms with Crippen LogP contribution < -0.4 is 15.8 Å². The molecule has 0 atom stereocenters. The van der Waals surface area contributed by atoms with Crippen molar-refractivity contribution in [3.63, 3.8) is 0 Å². The molecule has 1 aliphatic rings. The predicted octanol–water partition coefficient (Wildman–Crippen LogP) is 3.21. The molecule has 0 saturated carbocycles. The number of rotatable bonds is 6. The standard InChI is InChI=1S/C30H28ClN9O4/c1-17-8-18(9-19(11-32)27(17)42)21-15-40(29-26(21)30(43)38(3)28(36-29)20-12-34-37(2)14-20)16-25(41)35-23-10-24(33-13-22(23)31)39-4-6-44-7-5-39/h8-10,12-15,42H,4-7,16H2,1-3H3,(H,33,35,41). The molecule has 5 heterocycles. The average molecular weight is 614 g/mol. The fourth-order valence-electron chi connectivity index (χ4n) is 5.30. The lowest BCUT2D eigenvalue weighted by Crippen LogP contribution is -2.36. The second kappa shape index (κ2) is 11.5. The van der Waals surface area contributed by atoms with Crippen molar-refractivity contribution in [1.29, 1.82) is 5.26 Å². The zero-order chi connectivity index (χ0) is 31.1. The average Bonchev–Trinajstić information content (AvgIpc) is 3.61. The molecule has 224 valence electrons. The number of carbonyl (C=O) groups excluding carboxylic acids is 1. The summed E-state index contributed by atoms with van der Waals surface area (Å²) in [6.45, 7) is 3.98. The molecule has 0 bridgehead atoms. The molecule has 0 spiro atoms. The van der Waals surface area contributed by atoms with Gasteiger partial charge in [-0.05, 0) is 30.2 Å². The Kier molecular flexibility index (Phi) is 7.54. The van der Waals surface area contributed by atoms with Crippen molar-refractivity contribution in [2.75, 3.05) is 36.5 Å². The number of anilines is 2. The second-order valence-electron chi connectivity index (χ2n) is 10.5. The van der Waals surface area contributed by atoms with Crippen LogP contribution in [-0.4, -0.2) is 66.2 Å². The number of pyridine rings is 1. The third-order valence-electron chi connectivity index (χ3n) is 7.56. The summed E-state index contributed by atoms with van der Waals surface area (Å²) in [5.41, 5.74) is 2.49. The molecule has 1 aliphatic heterocycles. The van der Waals surface area contributed by atoms with Crippen molar-refractivity contribution in [2.24, 2.45) is 14.1 Å². The van der Waals surface area contributed by atoms with Gasteiger partial charge in [-0.25, -0.2) is 9.97 Å². The van der Waals surface area contributed by atoms with Crippen molar-refractivity contribution < 1.29 is 14.6 Å². The van der Waals surface area contributed by atoms with Crippen LogP contribution in [0.15, 0.2) is 47.8 Å². The molecular formula is C30H28ClN9O4. The number of halogens is 1. The summed E-state index contributed by atoms with van der Waals surface area (Å²) in [5, 5.41) is 27.6. The smallest absolute Gasteiger partial charge is 0.263 e. The van der Waals surface area contributed by atoms with Crippen LogP contribution in [0.5, 0.6) is 5.75 Å². The molecule has 5 aromatic rings. The molecule has 13 nitrogen and oxygen atoms in total. The molecule has 2 N–H and O–H groups in total. The summed E-state index contributed by atoms with van der Waals surface area (Å²) in [7, 11) is 3.38. The number of carbonyl (C=O) groups is 1. The van der Waals surface area contributed by atoms with Crippen molar-refractivity contribution in [1.82, 2.24) is 28.9 Å². The van der Waals surface area contributed by atoms with Crippen LogP contribution in [0.4, 0.5) is 11.5 Å². The number of nitrogens with zero attached hydrogens (tertiary/aromatic N) is 8. The first-order valence-corrected chi connectivity index (χ1v) is 14.1. The fourth-order valence-corrected chi connectivity index (χ4v) is 5.45. The monoisotopic (exact) mass is 613 g/mol. The summed E-state index contributed by atoms with van der Waals surface area (Å²) in [4.78, 5) is 38.6. The Balaban J connectivity index is 1.44. The van der Waals surface area contributed by atoms with E-state index < -0.39 is 5.91 Å². The van der Waals surface area contributed by atoms with Gasteiger partial charge in [-0.1, -0.05) is 11.6 Å². The maximum atomic E-state index is 13.9. The molecule has 0 radical (unpaired) electrons. The number of aryl methyl sites for hydroxylation is 2. The van der Waals surface area contributed by atoms with Crippen molar-refractivity contribution >= 4 is 40.0 Å². The van der Waals surface area contributed by atoms with Gasteiger partial charge in [0.25, 0.3) is 5.56 Å². The first-order valence-electron chi connectivity index (χ1n) is 13.8. The highest BCUT2D eigenvalue weighted by molar-refractivity contribution is 6.33. The van der Waals surface area contributed by atoms with Gasteiger partial charge in [0, 0.05) is 51.2 Å². The Morgan fingerprint density at radius 3 is 2.64 bits per heavy atom. The molecule has 0 aliphatic carbocycles. The second-order valence-corrected chi connectivity index (χ2v) is 10.9. The van der Waals surface area contributed by atoms with Crippen LogP contribution in [0.2, 0.25) is 5.02 Å². The lowest BCUT2D eigenvalue weighted by molar-refractivity contribution is -0.116. The predicted molar refractivity (Wildman–Crippen MR) is 165 cm³/mol. The highest BCUT2D eigenvalue weighted by Crippen LogP contribution is 2.34. The van der Waals surface area contributed by atoms with E-state index in [9.17, 15) is 20.0 Å². The van der Waals surface area contributed by atoms with E-state index in [1.807, 2.05) is 6.07 Å². The number of morpholine rings is 1. The molecule has 1 amide bonds. The Morgan fingerprint density at radius 2 is 1.93 bits per heavy atom. The summed E-state index contributed by atoms with van der Waals surface area (Å²) >= 11 is 6.41. The zero-order valence-electron chi connectivity index (χ0n) is 24.2. The van der Waals surface area contributed by atoms with E-state index in [0.29, 0.717) is 65.9 Å². The number of benzene rings is 1. The molecule has 6 rings (SSSR count). The van der Waals surface area contributed by atoms with Crippen LogP contribution in [0.25, 0.3) is 33.5 Å². The van der Waals surface area contributed by atoms with E-state index in [-0.39, 0.29) is 39.5 Å². The lowest BCUT2D eigenvalue weighted by atomic mass is 10.00. The molecule has 0 unspecified atom stereocenters. The maximum Gasteiger partial charge on any atom is 0.263 e. The Bertz CT molecular complexity index is 2030. The van der Waals surface area contributed by atoms with E-state index in [1.165, 1.54) is 16.8 Å². The number of nitrogens with one attached hydrogen (secondary N) is 1. The van der Waals surface area contributed by atoms with Crippen LogP contribution in [0.3, 0.4) is 0 Å². The number of amides is 1. The molecular weight excluding hydrogens is 586 g/mol. The normalized spacial score (nSPS) is 13.3. The van der Waals surface area contributed by atoms with Gasteiger partial charge < -0.3 is 24.6 Å². The van der Waals surface area contributed by atoms with Gasteiger partial charge in [0.2, 0.25) is 5.91 Å². The molecule has 14 heteroatoms. The van der Waals surface area contributed by atoms with E-state index in [1.54, 1.807) is 61.0 Å². The number of hydrogen-bond donors (Lipinski definition) is 2. The summed E-state index contributed by atoms with van der Waals surface area (Å²) in [6.07, 6.45) is 6.51. The molecule has 1 fully saturated rings. The summed E-state index contributed by atoms with van der Waals surface area (Å²) in [5.74, 6) is 0.507. The number of hydrogen-bond acceptors (Lipinski definition) is 9. The number of nitriles is 1. The number of aromatic nitrogens is 6. The van der Waals surface area contributed by atoms with Crippen molar-refractivity contribution in [3.8, 4) is 34.3 Å². The van der Waals surface area contributed by atoms with Crippen LogP contribution >= 0.6 is 11.6 Å². The number of ether oxygens (including phenoxy) is 1. The maximum absolute atomic E-state index is 13.9. The largest absolute Gasteiger partial charge is 0.506 e. The summed E-state index contributed by atoms with van der Waals surface area (Å²) < 4.78 is 10.0. The quantitative estimate of drug-likeness (QED) is 0.293. The van der Waals surface area contributed by atoms with Gasteiger partial charge in [0.15, 0.2) is 0 Å². The zero-order valence-corrected chi connectivity index (χ0v) is 25.0. The van der Waals surface area contributed by atoms with Crippen LogP contribution in [0, 0.1) is 18.3 Å². The highest BCUT2D eigenvalue weighted by Gasteiger charge is 2.23. The van der Waals surface area contributed by atoms with Crippen molar-refractivity contribution in [3.05, 3.63) is 69.5 Å². The first kappa shape index (κ1) is 28.9. The van der Waals surface area contributed by atoms with E-state index in [2.05, 4.69) is 20.3 Å². The van der Waals surface area contributed by atoms with Gasteiger partial charge >= 0.3 is 0 Å². The van der Waals surface area contributed by atoms with E-state index in [0.717, 1.165) is 0 Å². The molecule has 1 saturated heterocycles. The van der Waals surface area contributed by atoms with Crippen LogP contribution in [-0.2, 0) is 30.2 Å². The Morgan fingerprint density at radius 1 is 1.16 bits per heavy atom. The third kappa shape index (κ3) is 5.25. The van der Waals surface area contributed by atoms with Crippen LogP contribution in [0.1, 0.15) is 11.1 Å². The lowest BCUT2D eigenvalue weighted by Gasteiger charge is -2.28. The Labute approximate surface area is 256 Å². The minimum absolute atomic E-state index is 0.0683. The van der Waals surface area contributed by atoms with Gasteiger partial charge in [-0.2, -0.15) is 10.4 Å². The molecule has 4 aromatic heterocycles. The highest BCUT2D eigenvalue weighted by atomic mass is 35.5. The van der Waals surface area contributed by atoms with E-state index in [4.69, 9.17) is 21.3 Å².